The summed E-state index contributed by atoms with van der Waals surface area (Å²) >= 11 is 12.0. The molecule has 3 nitrogen and oxygen atoms in total. The number of nitrogens with zero attached hydrogens (tertiary/aromatic N) is 2. The summed E-state index contributed by atoms with van der Waals surface area (Å²) < 4.78 is 1.92. The lowest BCUT2D eigenvalue weighted by Crippen LogP contribution is -2.01. The maximum atomic E-state index is 6.13. The molecule has 2 rings (SSSR count). The van der Waals surface area contributed by atoms with Crippen molar-refractivity contribution in [2.75, 3.05) is 5.73 Å². The Morgan fingerprint density at radius 1 is 1.35 bits per heavy atom. The van der Waals surface area contributed by atoms with Gasteiger partial charge in [-0.3, -0.25) is 0 Å². The minimum absolute atomic E-state index is 0.561. The number of halogens is 2. The molecule has 17 heavy (non-hydrogen) atoms. The minimum Gasteiger partial charge on any atom is -0.383 e. The zero-order chi connectivity index (χ0) is 12.4. The number of nitrogens with two attached hydrogens (primary N) is 1. The van der Waals surface area contributed by atoms with Gasteiger partial charge in [-0.05, 0) is 24.6 Å². The third-order valence-electron chi connectivity index (χ3n) is 2.53. The summed E-state index contributed by atoms with van der Waals surface area (Å²) in [5.74, 6) is 0.635. The van der Waals surface area contributed by atoms with Gasteiger partial charge in [0.15, 0.2) is 0 Å². The van der Waals surface area contributed by atoms with Crippen LogP contribution in [0, 0.1) is 0 Å². The molecule has 0 saturated carbocycles. The van der Waals surface area contributed by atoms with Gasteiger partial charge < -0.3 is 10.3 Å². The maximum absolute atomic E-state index is 6.13. The molecule has 2 N–H and O–H groups in total. The molecule has 0 saturated heterocycles. The third-order valence-corrected chi connectivity index (χ3v) is 3.08. The molecule has 0 fully saturated rings. The van der Waals surface area contributed by atoms with E-state index >= 15 is 0 Å². The van der Waals surface area contributed by atoms with Gasteiger partial charge in [-0.15, -0.1) is 0 Å². The molecular formula is C12H13Cl2N3. The topological polar surface area (TPSA) is 43.8 Å². The monoisotopic (exact) mass is 269 g/mol. The highest BCUT2D eigenvalue weighted by atomic mass is 35.5. The highest BCUT2D eigenvalue weighted by Gasteiger charge is 2.12. The highest BCUT2D eigenvalue weighted by Crippen LogP contribution is 2.32. The van der Waals surface area contributed by atoms with Crippen molar-refractivity contribution in [3.63, 3.8) is 0 Å². The first-order chi connectivity index (χ1) is 8.13. The van der Waals surface area contributed by atoms with Crippen molar-refractivity contribution in [3.8, 4) is 11.3 Å². The van der Waals surface area contributed by atoms with E-state index in [1.165, 1.54) is 0 Å². The smallest absolute Gasteiger partial charge is 0.131 e. The van der Waals surface area contributed by atoms with Crippen molar-refractivity contribution < 1.29 is 0 Å². The van der Waals surface area contributed by atoms with Crippen molar-refractivity contribution in [2.24, 2.45) is 0 Å². The van der Waals surface area contributed by atoms with Crippen LogP contribution in [0.15, 0.2) is 24.5 Å². The Morgan fingerprint density at radius 2 is 2.12 bits per heavy atom. The van der Waals surface area contributed by atoms with E-state index in [1.807, 2.05) is 10.6 Å². The van der Waals surface area contributed by atoms with Crippen LogP contribution in [0.25, 0.3) is 11.3 Å². The van der Waals surface area contributed by atoms with Crippen LogP contribution in [0.5, 0.6) is 0 Å². The maximum Gasteiger partial charge on any atom is 0.131 e. The van der Waals surface area contributed by atoms with Gasteiger partial charge in [0.2, 0.25) is 0 Å². The number of aromatic nitrogens is 2. The summed E-state index contributed by atoms with van der Waals surface area (Å²) in [6.45, 7) is 2.94. The predicted octanol–water partition coefficient (Wildman–Crippen LogP) is 3.85. The van der Waals surface area contributed by atoms with Crippen molar-refractivity contribution in [1.29, 1.82) is 0 Å². The van der Waals surface area contributed by atoms with Gasteiger partial charge >= 0.3 is 0 Å². The Bertz CT molecular complexity index is 535. The van der Waals surface area contributed by atoms with Crippen LogP contribution in [0.4, 0.5) is 5.82 Å². The minimum atomic E-state index is 0.561. The molecule has 1 aromatic heterocycles. The zero-order valence-electron chi connectivity index (χ0n) is 9.45. The summed E-state index contributed by atoms with van der Waals surface area (Å²) in [7, 11) is 0. The molecule has 0 unspecified atom stereocenters. The fourth-order valence-corrected chi connectivity index (χ4v) is 2.20. The van der Waals surface area contributed by atoms with Crippen LogP contribution in [-0.2, 0) is 6.54 Å². The van der Waals surface area contributed by atoms with Crippen LogP contribution in [0.2, 0.25) is 10.0 Å². The molecule has 0 aliphatic carbocycles. The molecule has 0 amide bonds. The summed E-state index contributed by atoms with van der Waals surface area (Å²) in [5, 5.41) is 1.16. The van der Waals surface area contributed by atoms with Gasteiger partial charge in [-0.25, -0.2) is 4.98 Å². The average Bonchev–Trinajstić information content (AvgIpc) is 2.62. The van der Waals surface area contributed by atoms with E-state index in [1.54, 1.807) is 18.5 Å². The molecule has 90 valence electrons. The Hall–Kier alpha value is -1.19. The number of aryl methyl sites for hydroxylation is 1. The summed E-state index contributed by atoms with van der Waals surface area (Å²) in [6.07, 6.45) is 2.74. The van der Waals surface area contributed by atoms with Crippen LogP contribution < -0.4 is 5.73 Å². The number of nitrogen functional groups attached to an aromatic ring is 1. The molecule has 0 bridgehead atoms. The molecule has 1 aromatic carbocycles. The van der Waals surface area contributed by atoms with Gasteiger partial charge in [0.1, 0.15) is 11.5 Å². The van der Waals surface area contributed by atoms with Gasteiger partial charge in [-0.2, -0.15) is 0 Å². The van der Waals surface area contributed by atoms with E-state index in [-0.39, 0.29) is 0 Å². The van der Waals surface area contributed by atoms with Gasteiger partial charge in [0, 0.05) is 17.1 Å². The zero-order valence-corrected chi connectivity index (χ0v) is 11.0. The van der Waals surface area contributed by atoms with E-state index in [9.17, 15) is 0 Å². The quantitative estimate of drug-likeness (QED) is 0.920. The van der Waals surface area contributed by atoms with Crippen molar-refractivity contribution in [2.45, 2.75) is 19.9 Å². The third kappa shape index (κ3) is 2.40. The first-order valence-electron chi connectivity index (χ1n) is 5.39. The fraction of sp³-hybridized carbons (Fsp3) is 0.250. The molecule has 5 heteroatoms. The van der Waals surface area contributed by atoms with Crippen LogP contribution in [0.3, 0.4) is 0 Å². The largest absolute Gasteiger partial charge is 0.383 e. The molecule has 1 heterocycles. The van der Waals surface area contributed by atoms with Crippen LogP contribution >= 0.6 is 23.2 Å². The molecule has 0 aliphatic heterocycles. The van der Waals surface area contributed by atoms with E-state index in [4.69, 9.17) is 28.9 Å². The highest BCUT2D eigenvalue weighted by molar-refractivity contribution is 6.36. The molecule has 0 spiro atoms. The average molecular weight is 270 g/mol. The summed E-state index contributed by atoms with van der Waals surface area (Å²) in [4.78, 5) is 4.31. The number of benzene rings is 1. The number of anilines is 1. The fourth-order valence-electron chi connectivity index (χ4n) is 1.70. The SMILES string of the molecule is CCCn1cnc(-c2ccc(Cl)cc2Cl)c1N. The summed E-state index contributed by atoms with van der Waals surface area (Å²) in [6, 6.07) is 5.30. The Balaban J connectivity index is 2.46. The van der Waals surface area contributed by atoms with Gasteiger partial charge in [0.25, 0.3) is 0 Å². The Labute approximate surface area is 110 Å². The van der Waals surface area contributed by atoms with E-state index < -0.39 is 0 Å². The van der Waals surface area contributed by atoms with Crippen molar-refractivity contribution >= 4 is 29.0 Å². The van der Waals surface area contributed by atoms with Gasteiger partial charge in [0.05, 0.1) is 11.3 Å². The van der Waals surface area contributed by atoms with E-state index in [0.717, 1.165) is 18.5 Å². The molecular weight excluding hydrogens is 257 g/mol. The first kappa shape index (κ1) is 12.3. The first-order valence-corrected chi connectivity index (χ1v) is 6.15. The lowest BCUT2D eigenvalue weighted by Gasteiger charge is -2.05. The molecule has 0 atom stereocenters. The van der Waals surface area contributed by atoms with E-state index in [2.05, 4.69) is 11.9 Å². The lowest BCUT2D eigenvalue weighted by molar-refractivity contribution is 0.686. The molecule has 0 radical (unpaired) electrons. The Morgan fingerprint density at radius 3 is 2.76 bits per heavy atom. The van der Waals surface area contributed by atoms with Crippen molar-refractivity contribution in [1.82, 2.24) is 9.55 Å². The van der Waals surface area contributed by atoms with Gasteiger partial charge in [-0.1, -0.05) is 30.1 Å². The second-order valence-corrected chi connectivity index (χ2v) is 4.64. The molecule has 0 aliphatic rings. The lowest BCUT2D eigenvalue weighted by atomic mass is 10.1. The normalized spacial score (nSPS) is 10.8. The van der Waals surface area contributed by atoms with Crippen molar-refractivity contribution in [3.05, 3.63) is 34.6 Å². The van der Waals surface area contributed by atoms with E-state index in [0.29, 0.717) is 21.6 Å². The van der Waals surface area contributed by atoms with Crippen LogP contribution in [0.1, 0.15) is 13.3 Å². The van der Waals surface area contributed by atoms with Crippen LogP contribution in [-0.4, -0.2) is 9.55 Å². The number of hydrogen-bond acceptors (Lipinski definition) is 2. The number of rotatable bonds is 3. The molecule has 2 aromatic rings. The second kappa shape index (κ2) is 4.98. The Kier molecular flexibility index (Phi) is 3.60. The second-order valence-electron chi connectivity index (χ2n) is 3.80. The predicted molar refractivity (Wildman–Crippen MR) is 72.4 cm³/mol. The standard InChI is InChI=1S/C12H13Cl2N3/c1-2-5-17-7-16-11(12(17)15)9-4-3-8(13)6-10(9)14/h3-4,6-7H,2,5,15H2,1H3. The summed E-state index contributed by atoms with van der Waals surface area (Å²) in [5.41, 5.74) is 7.55. The number of hydrogen-bond donors (Lipinski definition) is 1. The number of imidazole rings is 1.